The minimum atomic E-state index is 0.160. The number of nitrogens with one attached hydrogen (secondary N) is 1. The zero-order valence-corrected chi connectivity index (χ0v) is 6.01. The molecule has 0 saturated carbocycles. The van der Waals surface area contributed by atoms with E-state index in [1.165, 1.54) is 0 Å². The number of guanidine groups is 1. The summed E-state index contributed by atoms with van der Waals surface area (Å²) in [7, 11) is 0. The summed E-state index contributed by atoms with van der Waals surface area (Å²) < 4.78 is 0. The summed E-state index contributed by atoms with van der Waals surface area (Å²) in [5.74, 6) is 0.160. The van der Waals surface area contributed by atoms with E-state index in [0.29, 0.717) is 12.6 Å². The highest BCUT2D eigenvalue weighted by atomic mass is 15.3. The van der Waals surface area contributed by atoms with Gasteiger partial charge in [-0.05, 0) is 12.8 Å². The molecule has 0 aromatic rings. The van der Waals surface area contributed by atoms with E-state index in [4.69, 9.17) is 16.9 Å². The van der Waals surface area contributed by atoms with Crippen molar-refractivity contribution in [1.82, 2.24) is 4.90 Å². The molecule has 0 radical (unpaired) electrons. The molecule has 10 heavy (non-hydrogen) atoms. The van der Waals surface area contributed by atoms with Crippen molar-refractivity contribution in [3.05, 3.63) is 0 Å². The molecule has 1 heterocycles. The fraction of sp³-hybridized carbons (Fsp3) is 0.833. The van der Waals surface area contributed by atoms with Crippen molar-refractivity contribution >= 4 is 5.96 Å². The third kappa shape index (κ3) is 1.21. The normalized spacial score (nSPS) is 25.3. The third-order valence-electron chi connectivity index (χ3n) is 1.96. The Morgan fingerprint density at radius 2 is 2.40 bits per heavy atom. The van der Waals surface area contributed by atoms with Crippen LogP contribution < -0.4 is 11.5 Å². The first kappa shape index (κ1) is 7.34. The van der Waals surface area contributed by atoms with Crippen LogP contribution in [0.3, 0.4) is 0 Å². The van der Waals surface area contributed by atoms with E-state index in [2.05, 4.69) is 0 Å². The predicted octanol–water partition coefficient (Wildman–Crippen LogP) is -0.697. The van der Waals surface area contributed by atoms with Crippen molar-refractivity contribution in [3.63, 3.8) is 0 Å². The van der Waals surface area contributed by atoms with Crippen LogP contribution in [0.1, 0.15) is 12.8 Å². The topological polar surface area (TPSA) is 79.1 Å². The van der Waals surface area contributed by atoms with Gasteiger partial charge in [-0.15, -0.1) is 0 Å². The van der Waals surface area contributed by atoms with Crippen LogP contribution in [0.2, 0.25) is 0 Å². The molecule has 4 heteroatoms. The SMILES string of the molecule is N=C(N)N1CCC[C@H]1CN. The van der Waals surface area contributed by atoms with Crippen molar-refractivity contribution in [1.29, 1.82) is 5.41 Å². The molecule has 0 aromatic heterocycles. The van der Waals surface area contributed by atoms with E-state index in [0.717, 1.165) is 19.4 Å². The molecule has 58 valence electrons. The highest BCUT2D eigenvalue weighted by molar-refractivity contribution is 5.75. The number of hydrogen-bond acceptors (Lipinski definition) is 2. The van der Waals surface area contributed by atoms with Crippen LogP contribution in [0.5, 0.6) is 0 Å². The van der Waals surface area contributed by atoms with Crippen LogP contribution in [0.4, 0.5) is 0 Å². The van der Waals surface area contributed by atoms with Crippen LogP contribution in [0.15, 0.2) is 0 Å². The molecule has 1 fully saturated rings. The van der Waals surface area contributed by atoms with Gasteiger partial charge in [-0.25, -0.2) is 0 Å². The Morgan fingerprint density at radius 1 is 1.70 bits per heavy atom. The second kappa shape index (κ2) is 2.88. The van der Waals surface area contributed by atoms with Crippen LogP contribution >= 0.6 is 0 Å². The fourth-order valence-electron chi connectivity index (χ4n) is 1.40. The zero-order chi connectivity index (χ0) is 7.56. The highest BCUT2D eigenvalue weighted by Crippen LogP contribution is 2.14. The molecule has 1 saturated heterocycles. The summed E-state index contributed by atoms with van der Waals surface area (Å²) in [4.78, 5) is 1.86. The molecule has 0 unspecified atom stereocenters. The molecule has 1 rings (SSSR count). The Balaban J connectivity index is 2.50. The highest BCUT2D eigenvalue weighted by Gasteiger charge is 2.23. The quantitative estimate of drug-likeness (QED) is 0.334. The molecule has 0 amide bonds. The molecule has 0 aromatic carbocycles. The molecular formula is C6H14N4. The maximum atomic E-state index is 7.17. The van der Waals surface area contributed by atoms with Crippen molar-refractivity contribution in [3.8, 4) is 0 Å². The standard InChI is InChI=1S/C6H14N4/c7-4-5-2-1-3-10(5)6(8)9/h5H,1-4,7H2,(H3,8,9)/t5-/m0/s1. The smallest absolute Gasteiger partial charge is 0.188 e. The summed E-state index contributed by atoms with van der Waals surface area (Å²) in [6.07, 6.45) is 2.19. The predicted molar refractivity (Wildman–Crippen MR) is 40.7 cm³/mol. The molecule has 5 N–H and O–H groups in total. The van der Waals surface area contributed by atoms with Crippen molar-refractivity contribution < 1.29 is 0 Å². The second-order valence-electron chi connectivity index (χ2n) is 2.61. The van der Waals surface area contributed by atoms with Gasteiger partial charge in [0.15, 0.2) is 5.96 Å². The molecular weight excluding hydrogens is 128 g/mol. The Labute approximate surface area is 60.7 Å². The second-order valence-corrected chi connectivity index (χ2v) is 2.61. The largest absolute Gasteiger partial charge is 0.370 e. The van der Waals surface area contributed by atoms with E-state index in [1.807, 2.05) is 4.90 Å². The van der Waals surface area contributed by atoms with Crippen LogP contribution in [-0.4, -0.2) is 30.0 Å². The fourth-order valence-corrected chi connectivity index (χ4v) is 1.40. The van der Waals surface area contributed by atoms with Gasteiger partial charge in [-0.1, -0.05) is 0 Å². The summed E-state index contributed by atoms with van der Waals surface area (Å²) in [6, 6.07) is 0.317. The van der Waals surface area contributed by atoms with Gasteiger partial charge in [0, 0.05) is 19.1 Å². The first-order chi connectivity index (χ1) is 4.75. The van der Waals surface area contributed by atoms with Gasteiger partial charge in [0.2, 0.25) is 0 Å². The summed E-state index contributed by atoms with van der Waals surface area (Å²) in [5.41, 5.74) is 10.8. The number of nitrogens with two attached hydrogens (primary N) is 2. The Morgan fingerprint density at radius 3 is 2.80 bits per heavy atom. The molecule has 1 aliphatic rings. The molecule has 0 aliphatic carbocycles. The summed E-state index contributed by atoms with van der Waals surface area (Å²) >= 11 is 0. The monoisotopic (exact) mass is 142 g/mol. The van der Waals surface area contributed by atoms with Crippen molar-refractivity contribution in [2.75, 3.05) is 13.1 Å². The van der Waals surface area contributed by atoms with E-state index < -0.39 is 0 Å². The minimum Gasteiger partial charge on any atom is -0.370 e. The number of hydrogen-bond donors (Lipinski definition) is 3. The summed E-state index contributed by atoms with van der Waals surface area (Å²) in [6.45, 7) is 1.51. The average Bonchev–Trinajstić information content (AvgIpc) is 2.33. The molecule has 1 aliphatic heterocycles. The lowest BCUT2D eigenvalue weighted by atomic mass is 10.2. The van der Waals surface area contributed by atoms with Crippen molar-refractivity contribution in [2.24, 2.45) is 11.5 Å². The first-order valence-electron chi connectivity index (χ1n) is 3.56. The van der Waals surface area contributed by atoms with Gasteiger partial charge < -0.3 is 16.4 Å². The van der Waals surface area contributed by atoms with E-state index in [1.54, 1.807) is 0 Å². The van der Waals surface area contributed by atoms with Gasteiger partial charge >= 0.3 is 0 Å². The Kier molecular flexibility index (Phi) is 2.11. The lowest BCUT2D eigenvalue weighted by Crippen LogP contribution is -2.43. The maximum absolute atomic E-state index is 7.17. The van der Waals surface area contributed by atoms with Crippen molar-refractivity contribution in [2.45, 2.75) is 18.9 Å². The lowest BCUT2D eigenvalue weighted by molar-refractivity contribution is 0.389. The molecule has 4 nitrogen and oxygen atoms in total. The van der Waals surface area contributed by atoms with Crippen LogP contribution in [-0.2, 0) is 0 Å². The maximum Gasteiger partial charge on any atom is 0.188 e. The first-order valence-corrected chi connectivity index (χ1v) is 3.56. The van der Waals surface area contributed by atoms with Gasteiger partial charge in [0.25, 0.3) is 0 Å². The van der Waals surface area contributed by atoms with Gasteiger partial charge in [0.05, 0.1) is 0 Å². The molecule has 1 atom stereocenters. The van der Waals surface area contributed by atoms with Gasteiger partial charge in [-0.2, -0.15) is 0 Å². The number of rotatable bonds is 1. The number of nitrogens with zero attached hydrogens (tertiary/aromatic N) is 1. The van der Waals surface area contributed by atoms with E-state index in [-0.39, 0.29) is 5.96 Å². The third-order valence-corrected chi connectivity index (χ3v) is 1.96. The van der Waals surface area contributed by atoms with Crippen LogP contribution in [0.25, 0.3) is 0 Å². The van der Waals surface area contributed by atoms with Gasteiger partial charge in [-0.3, -0.25) is 5.41 Å². The Bertz CT molecular complexity index is 134. The average molecular weight is 142 g/mol. The molecule has 0 spiro atoms. The molecule has 0 bridgehead atoms. The van der Waals surface area contributed by atoms with Crippen LogP contribution in [0, 0.1) is 5.41 Å². The van der Waals surface area contributed by atoms with E-state index in [9.17, 15) is 0 Å². The zero-order valence-electron chi connectivity index (χ0n) is 6.01. The minimum absolute atomic E-state index is 0.160. The summed E-state index contributed by atoms with van der Waals surface area (Å²) in [5, 5.41) is 7.17. The number of likely N-dealkylation sites (tertiary alicyclic amines) is 1. The van der Waals surface area contributed by atoms with Gasteiger partial charge in [0.1, 0.15) is 0 Å². The lowest BCUT2D eigenvalue weighted by Gasteiger charge is -2.22. The Hall–Kier alpha value is -0.770. The van der Waals surface area contributed by atoms with E-state index >= 15 is 0 Å².